The van der Waals surface area contributed by atoms with Crippen LogP contribution in [0.25, 0.3) is 0 Å². The molecule has 1 saturated heterocycles. The van der Waals surface area contributed by atoms with E-state index in [1.54, 1.807) is 0 Å². The van der Waals surface area contributed by atoms with Crippen LogP contribution in [0.4, 0.5) is 0 Å². The van der Waals surface area contributed by atoms with Gasteiger partial charge in [-0.1, -0.05) is 6.08 Å². The summed E-state index contributed by atoms with van der Waals surface area (Å²) in [5, 5.41) is 3.54. The van der Waals surface area contributed by atoms with Crippen LogP contribution >= 0.6 is 0 Å². The Balaban J connectivity index is 2.13. The Labute approximate surface area is 62.5 Å². The van der Waals surface area contributed by atoms with E-state index < -0.39 is 0 Å². The van der Waals surface area contributed by atoms with E-state index in [9.17, 15) is 0 Å². The Morgan fingerprint density at radius 3 is 2.80 bits per heavy atom. The van der Waals surface area contributed by atoms with E-state index in [4.69, 9.17) is 0 Å². The Hall–Kier alpha value is -0.300. The molecule has 0 aromatic rings. The topological polar surface area (TPSA) is 12.0 Å². The SMILES string of the molecule is C=CC1C2CCNC1CC2. The monoisotopic (exact) mass is 137 g/mol. The minimum absolute atomic E-state index is 0.774. The molecule has 56 valence electrons. The first-order valence-electron chi connectivity index (χ1n) is 4.28. The van der Waals surface area contributed by atoms with Crippen molar-refractivity contribution in [2.75, 3.05) is 6.54 Å². The largest absolute Gasteiger partial charge is 0.313 e. The molecule has 0 aromatic heterocycles. The summed E-state index contributed by atoms with van der Waals surface area (Å²) in [6.07, 6.45) is 6.32. The second kappa shape index (κ2) is 2.39. The molecule has 1 aliphatic carbocycles. The van der Waals surface area contributed by atoms with E-state index in [2.05, 4.69) is 18.0 Å². The van der Waals surface area contributed by atoms with Gasteiger partial charge in [-0.3, -0.25) is 0 Å². The highest BCUT2D eigenvalue weighted by atomic mass is 14.9. The summed E-state index contributed by atoms with van der Waals surface area (Å²) in [7, 11) is 0. The fourth-order valence-electron chi connectivity index (χ4n) is 2.49. The van der Waals surface area contributed by atoms with Crippen LogP contribution < -0.4 is 5.32 Å². The molecule has 2 bridgehead atoms. The number of nitrogens with one attached hydrogen (secondary N) is 1. The van der Waals surface area contributed by atoms with Gasteiger partial charge in [-0.2, -0.15) is 0 Å². The molecule has 1 nitrogen and oxygen atoms in total. The van der Waals surface area contributed by atoms with Crippen molar-refractivity contribution >= 4 is 0 Å². The molecule has 1 heterocycles. The number of piperidine rings is 1. The smallest absolute Gasteiger partial charge is 0.0132 e. The lowest BCUT2D eigenvalue weighted by Gasteiger charge is -2.28. The maximum atomic E-state index is 3.89. The highest BCUT2D eigenvalue weighted by Gasteiger charge is 2.36. The quantitative estimate of drug-likeness (QED) is 0.541. The van der Waals surface area contributed by atoms with Crippen molar-refractivity contribution in [3.05, 3.63) is 12.7 Å². The van der Waals surface area contributed by atoms with Gasteiger partial charge in [-0.25, -0.2) is 0 Å². The van der Waals surface area contributed by atoms with Crippen LogP contribution in [0.5, 0.6) is 0 Å². The van der Waals surface area contributed by atoms with Crippen LogP contribution in [0.1, 0.15) is 19.3 Å². The molecule has 1 saturated carbocycles. The molecule has 0 aromatic carbocycles. The van der Waals surface area contributed by atoms with E-state index in [0.29, 0.717) is 0 Å². The van der Waals surface area contributed by atoms with Crippen molar-refractivity contribution in [2.24, 2.45) is 11.8 Å². The predicted molar refractivity (Wildman–Crippen MR) is 42.8 cm³/mol. The molecule has 1 heteroatoms. The molecular formula is C9H15N. The molecule has 1 aliphatic heterocycles. The van der Waals surface area contributed by atoms with Gasteiger partial charge in [0, 0.05) is 6.04 Å². The first kappa shape index (κ1) is 6.41. The van der Waals surface area contributed by atoms with E-state index in [1.807, 2.05) is 0 Å². The summed E-state index contributed by atoms with van der Waals surface area (Å²) in [5.74, 6) is 1.75. The summed E-state index contributed by atoms with van der Waals surface area (Å²) in [6.45, 7) is 5.12. The summed E-state index contributed by atoms with van der Waals surface area (Å²) in [4.78, 5) is 0. The highest BCUT2D eigenvalue weighted by molar-refractivity contribution is 5.01. The van der Waals surface area contributed by atoms with Crippen molar-refractivity contribution in [1.29, 1.82) is 0 Å². The van der Waals surface area contributed by atoms with Gasteiger partial charge in [0.05, 0.1) is 0 Å². The first-order chi connectivity index (χ1) is 4.92. The summed E-state index contributed by atoms with van der Waals surface area (Å²) in [6, 6.07) is 0.774. The third-order valence-electron chi connectivity index (χ3n) is 3.05. The lowest BCUT2D eigenvalue weighted by atomic mass is 9.88. The number of hydrogen-bond donors (Lipinski definition) is 1. The Morgan fingerprint density at radius 2 is 2.20 bits per heavy atom. The fraction of sp³-hybridized carbons (Fsp3) is 0.778. The van der Waals surface area contributed by atoms with Crippen molar-refractivity contribution < 1.29 is 0 Å². The van der Waals surface area contributed by atoms with Crippen LogP contribution in [0, 0.1) is 11.8 Å². The summed E-state index contributed by atoms with van der Waals surface area (Å²) < 4.78 is 0. The third kappa shape index (κ3) is 0.807. The molecule has 3 atom stereocenters. The van der Waals surface area contributed by atoms with Gasteiger partial charge in [0.25, 0.3) is 0 Å². The van der Waals surface area contributed by atoms with Crippen molar-refractivity contribution in [2.45, 2.75) is 25.3 Å². The van der Waals surface area contributed by atoms with Gasteiger partial charge in [0.15, 0.2) is 0 Å². The van der Waals surface area contributed by atoms with Crippen LogP contribution in [0.3, 0.4) is 0 Å². The standard InChI is InChI=1S/C9H15N/c1-2-8-7-3-4-9(8)10-6-5-7/h2,7-10H,1,3-6H2. The van der Waals surface area contributed by atoms with Crippen LogP contribution in [0.2, 0.25) is 0 Å². The first-order valence-corrected chi connectivity index (χ1v) is 4.28. The highest BCUT2D eigenvalue weighted by Crippen LogP contribution is 2.37. The van der Waals surface area contributed by atoms with Gasteiger partial charge in [0.2, 0.25) is 0 Å². The van der Waals surface area contributed by atoms with E-state index >= 15 is 0 Å². The lowest BCUT2D eigenvalue weighted by Crippen LogP contribution is -2.39. The Bertz CT molecular complexity index is 126. The zero-order chi connectivity index (χ0) is 6.97. The number of fused-ring (bicyclic) bond motifs is 2. The van der Waals surface area contributed by atoms with Crippen LogP contribution in [-0.2, 0) is 0 Å². The maximum Gasteiger partial charge on any atom is 0.0132 e. The third-order valence-corrected chi connectivity index (χ3v) is 3.05. The summed E-state index contributed by atoms with van der Waals surface area (Å²) in [5.41, 5.74) is 0. The fourth-order valence-corrected chi connectivity index (χ4v) is 2.49. The molecule has 1 N–H and O–H groups in total. The minimum atomic E-state index is 0.774. The molecule has 0 amide bonds. The molecule has 2 aliphatic rings. The van der Waals surface area contributed by atoms with Gasteiger partial charge < -0.3 is 5.32 Å². The molecular weight excluding hydrogens is 122 g/mol. The lowest BCUT2D eigenvalue weighted by molar-refractivity contribution is 0.312. The molecule has 2 fully saturated rings. The van der Waals surface area contributed by atoms with Gasteiger partial charge >= 0.3 is 0 Å². The normalized spacial score (nSPS) is 45.4. The van der Waals surface area contributed by atoms with Crippen molar-refractivity contribution in [3.63, 3.8) is 0 Å². The summed E-state index contributed by atoms with van der Waals surface area (Å²) >= 11 is 0. The predicted octanol–water partition coefficient (Wildman–Crippen LogP) is 1.56. The average Bonchev–Trinajstić information content (AvgIpc) is 2.19. The van der Waals surface area contributed by atoms with Crippen molar-refractivity contribution in [1.82, 2.24) is 5.32 Å². The second-order valence-corrected chi connectivity index (χ2v) is 3.50. The Kier molecular flexibility index (Phi) is 1.53. The second-order valence-electron chi connectivity index (χ2n) is 3.50. The number of rotatable bonds is 1. The zero-order valence-corrected chi connectivity index (χ0v) is 6.34. The van der Waals surface area contributed by atoms with Gasteiger partial charge in [0.1, 0.15) is 0 Å². The average molecular weight is 137 g/mol. The maximum absolute atomic E-state index is 3.89. The minimum Gasteiger partial charge on any atom is -0.313 e. The van der Waals surface area contributed by atoms with Crippen molar-refractivity contribution in [3.8, 4) is 0 Å². The molecule has 0 radical (unpaired) electrons. The van der Waals surface area contributed by atoms with Gasteiger partial charge in [-0.15, -0.1) is 6.58 Å². The molecule has 3 unspecified atom stereocenters. The van der Waals surface area contributed by atoms with E-state index in [0.717, 1.165) is 17.9 Å². The molecule has 10 heavy (non-hydrogen) atoms. The molecule has 2 rings (SSSR count). The van der Waals surface area contributed by atoms with Gasteiger partial charge in [-0.05, 0) is 37.6 Å². The van der Waals surface area contributed by atoms with E-state index in [-0.39, 0.29) is 0 Å². The van der Waals surface area contributed by atoms with Crippen LogP contribution in [-0.4, -0.2) is 12.6 Å². The zero-order valence-electron chi connectivity index (χ0n) is 6.34. The molecule has 0 spiro atoms. The van der Waals surface area contributed by atoms with E-state index in [1.165, 1.54) is 25.8 Å². The number of hydrogen-bond acceptors (Lipinski definition) is 1. The van der Waals surface area contributed by atoms with Crippen LogP contribution in [0.15, 0.2) is 12.7 Å². The Morgan fingerprint density at radius 1 is 1.30 bits per heavy atom.